The predicted octanol–water partition coefficient (Wildman–Crippen LogP) is 3.13. The maximum absolute atomic E-state index is 12.3. The SMILES string of the molecule is O=C(C1CC1)N1CCC2(CC1)Cc1ncc(-c3ccccc3)n1C2. The zero-order chi connectivity index (χ0) is 16.1. The highest BCUT2D eigenvalue weighted by Crippen LogP contribution is 2.44. The zero-order valence-corrected chi connectivity index (χ0v) is 13.9. The zero-order valence-electron chi connectivity index (χ0n) is 13.9. The van der Waals surface area contributed by atoms with Crippen LogP contribution in [0.5, 0.6) is 0 Å². The largest absolute Gasteiger partial charge is 0.342 e. The normalized spacial score (nSPS) is 21.9. The number of imidazole rings is 1. The number of amides is 1. The Labute approximate surface area is 142 Å². The first-order valence-electron chi connectivity index (χ1n) is 9.13. The third-order valence-corrected chi connectivity index (χ3v) is 6.10. The third kappa shape index (κ3) is 2.27. The summed E-state index contributed by atoms with van der Waals surface area (Å²) in [6.45, 7) is 2.92. The monoisotopic (exact) mass is 321 g/mol. The van der Waals surface area contributed by atoms with Crippen LogP contribution < -0.4 is 0 Å². The minimum absolute atomic E-state index is 0.313. The van der Waals surface area contributed by atoms with Crippen LogP contribution in [-0.2, 0) is 17.8 Å². The van der Waals surface area contributed by atoms with E-state index in [9.17, 15) is 4.79 Å². The van der Waals surface area contributed by atoms with Crippen molar-refractivity contribution in [1.82, 2.24) is 14.5 Å². The summed E-state index contributed by atoms with van der Waals surface area (Å²) in [6.07, 6.45) is 7.52. The molecule has 2 fully saturated rings. The fourth-order valence-electron chi connectivity index (χ4n) is 4.42. The van der Waals surface area contributed by atoms with Gasteiger partial charge in [0.1, 0.15) is 5.82 Å². The van der Waals surface area contributed by atoms with Crippen LogP contribution in [-0.4, -0.2) is 33.4 Å². The number of likely N-dealkylation sites (tertiary alicyclic amines) is 1. The minimum Gasteiger partial charge on any atom is -0.342 e. The van der Waals surface area contributed by atoms with Crippen LogP contribution in [0.3, 0.4) is 0 Å². The first-order chi connectivity index (χ1) is 11.7. The van der Waals surface area contributed by atoms with Crippen molar-refractivity contribution in [2.24, 2.45) is 11.3 Å². The summed E-state index contributed by atoms with van der Waals surface area (Å²) in [5, 5.41) is 0. The van der Waals surface area contributed by atoms with Gasteiger partial charge in [-0.05, 0) is 36.7 Å². The molecule has 0 atom stereocenters. The molecule has 1 aromatic heterocycles. The molecule has 5 rings (SSSR count). The van der Waals surface area contributed by atoms with Crippen LogP contribution in [0.25, 0.3) is 11.3 Å². The van der Waals surface area contributed by atoms with Gasteiger partial charge in [0.15, 0.2) is 0 Å². The van der Waals surface area contributed by atoms with Gasteiger partial charge in [0.05, 0.1) is 11.9 Å². The Kier molecular flexibility index (Phi) is 3.09. The molecule has 1 saturated heterocycles. The summed E-state index contributed by atoms with van der Waals surface area (Å²) in [5.74, 6) is 1.98. The summed E-state index contributed by atoms with van der Waals surface area (Å²) in [7, 11) is 0. The van der Waals surface area contributed by atoms with Crippen molar-refractivity contribution in [1.29, 1.82) is 0 Å². The topological polar surface area (TPSA) is 38.1 Å². The van der Waals surface area contributed by atoms with E-state index < -0.39 is 0 Å². The number of nitrogens with zero attached hydrogens (tertiary/aromatic N) is 3. The van der Waals surface area contributed by atoms with Gasteiger partial charge in [0, 0.05) is 32.0 Å². The lowest BCUT2D eigenvalue weighted by Crippen LogP contribution is -2.44. The molecule has 3 aliphatic rings. The fraction of sp³-hybridized carbons (Fsp3) is 0.500. The van der Waals surface area contributed by atoms with Crippen molar-refractivity contribution >= 4 is 5.91 Å². The van der Waals surface area contributed by atoms with E-state index in [1.165, 1.54) is 17.1 Å². The van der Waals surface area contributed by atoms with Crippen LogP contribution in [0, 0.1) is 11.3 Å². The molecule has 3 heterocycles. The van der Waals surface area contributed by atoms with Crippen LogP contribution in [0.2, 0.25) is 0 Å². The molecule has 24 heavy (non-hydrogen) atoms. The molecule has 0 radical (unpaired) electrons. The second-order valence-corrected chi connectivity index (χ2v) is 7.79. The van der Waals surface area contributed by atoms with Crippen molar-refractivity contribution in [3.63, 3.8) is 0 Å². The lowest BCUT2D eigenvalue weighted by Gasteiger charge is -2.39. The maximum Gasteiger partial charge on any atom is 0.225 e. The molecule has 1 saturated carbocycles. The Morgan fingerprint density at radius 1 is 1.12 bits per heavy atom. The van der Waals surface area contributed by atoms with Crippen LogP contribution in [0.1, 0.15) is 31.5 Å². The molecule has 1 aromatic carbocycles. The van der Waals surface area contributed by atoms with Gasteiger partial charge in [-0.15, -0.1) is 0 Å². The van der Waals surface area contributed by atoms with Gasteiger partial charge in [-0.3, -0.25) is 4.79 Å². The standard InChI is InChI=1S/C20H23N3O/c24-19(16-6-7-16)22-10-8-20(9-11-22)12-18-21-13-17(23(18)14-20)15-4-2-1-3-5-15/h1-5,13,16H,6-12,14H2. The summed E-state index contributed by atoms with van der Waals surface area (Å²) in [6, 6.07) is 10.5. The highest BCUT2D eigenvalue weighted by Gasteiger charge is 2.44. The molecule has 124 valence electrons. The Hall–Kier alpha value is -2.10. The average molecular weight is 321 g/mol. The number of rotatable bonds is 2. The van der Waals surface area contributed by atoms with Crippen molar-refractivity contribution in [3.8, 4) is 11.3 Å². The Balaban J connectivity index is 1.34. The van der Waals surface area contributed by atoms with Crippen molar-refractivity contribution in [3.05, 3.63) is 42.4 Å². The predicted molar refractivity (Wildman–Crippen MR) is 92.3 cm³/mol. The van der Waals surface area contributed by atoms with Gasteiger partial charge in [-0.25, -0.2) is 4.98 Å². The fourth-order valence-corrected chi connectivity index (χ4v) is 4.42. The second-order valence-electron chi connectivity index (χ2n) is 7.79. The van der Waals surface area contributed by atoms with E-state index in [0.717, 1.165) is 51.7 Å². The summed E-state index contributed by atoms with van der Waals surface area (Å²) < 4.78 is 2.41. The van der Waals surface area contributed by atoms with Crippen molar-refractivity contribution < 1.29 is 4.79 Å². The first-order valence-corrected chi connectivity index (χ1v) is 9.13. The number of hydrogen-bond acceptors (Lipinski definition) is 2. The number of carbonyl (C=O) groups is 1. The van der Waals surface area contributed by atoms with Gasteiger partial charge < -0.3 is 9.47 Å². The van der Waals surface area contributed by atoms with Gasteiger partial charge in [0.25, 0.3) is 0 Å². The second kappa shape index (κ2) is 5.20. The number of fused-ring (bicyclic) bond motifs is 1. The van der Waals surface area contributed by atoms with E-state index in [1.807, 2.05) is 6.20 Å². The van der Waals surface area contributed by atoms with Crippen molar-refractivity contribution in [2.45, 2.75) is 38.6 Å². The molecular weight excluding hydrogens is 298 g/mol. The molecule has 1 amide bonds. The quantitative estimate of drug-likeness (QED) is 0.852. The smallest absolute Gasteiger partial charge is 0.225 e. The molecule has 0 unspecified atom stereocenters. The lowest BCUT2D eigenvalue weighted by atomic mass is 9.77. The number of carbonyl (C=O) groups excluding carboxylic acids is 1. The Morgan fingerprint density at radius 3 is 2.58 bits per heavy atom. The highest BCUT2D eigenvalue weighted by atomic mass is 16.2. The van der Waals surface area contributed by atoms with Crippen molar-refractivity contribution in [2.75, 3.05) is 13.1 Å². The maximum atomic E-state index is 12.3. The van der Waals surface area contributed by atoms with Crippen LogP contribution >= 0.6 is 0 Å². The van der Waals surface area contributed by atoms with Gasteiger partial charge in [-0.2, -0.15) is 0 Å². The molecular formula is C20H23N3O. The molecule has 2 aromatic rings. The first kappa shape index (κ1) is 14.3. The molecule has 1 spiro atoms. The number of piperidine rings is 1. The number of hydrogen-bond donors (Lipinski definition) is 0. The molecule has 4 heteroatoms. The Morgan fingerprint density at radius 2 is 1.88 bits per heavy atom. The van der Waals surface area contributed by atoms with Gasteiger partial charge in [0.2, 0.25) is 5.91 Å². The van der Waals surface area contributed by atoms with Crippen LogP contribution in [0.4, 0.5) is 0 Å². The minimum atomic E-state index is 0.313. The highest BCUT2D eigenvalue weighted by molar-refractivity contribution is 5.81. The lowest BCUT2D eigenvalue weighted by molar-refractivity contribution is -0.134. The van der Waals surface area contributed by atoms with E-state index in [4.69, 9.17) is 4.98 Å². The molecule has 1 aliphatic carbocycles. The molecule has 4 nitrogen and oxygen atoms in total. The average Bonchev–Trinajstić information content (AvgIpc) is 3.32. The molecule has 2 aliphatic heterocycles. The van der Waals surface area contributed by atoms with E-state index in [1.54, 1.807) is 0 Å². The third-order valence-electron chi connectivity index (χ3n) is 6.10. The molecule has 0 N–H and O–H groups in total. The van der Waals surface area contributed by atoms with Gasteiger partial charge >= 0.3 is 0 Å². The van der Waals surface area contributed by atoms with Crippen LogP contribution in [0.15, 0.2) is 36.5 Å². The van der Waals surface area contributed by atoms with E-state index in [-0.39, 0.29) is 0 Å². The van der Waals surface area contributed by atoms with E-state index in [2.05, 4.69) is 39.8 Å². The van der Waals surface area contributed by atoms with E-state index in [0.29, 0.717) is 17.2 Å². The summed E-state index contributed by atoms with van der Waals surface area (Å²) in [4.78, 5) is 19.1. The van der Waals surface area contributed by atoms with Gasteiger partial charge in [-0.1, -0.05) is 30.3 Å². The van der Waals surface area contributed by atoms with E-state index >= 15 is 0 Å². The summed E-state index contributed by atoms with van der Waals surface area (Å²) in [5.41, 5.74) is 2.79. The number of benzene rings is 1. The number of aromatic nitrogens is 2. The Bertz CT molecular complexity index is 767. The summed E-state index contributed by atoms with van der Waals surface area (Å²) >= 11 is 0. The molecule has 0 bridgehead atoms.